The minimum Gasteiger partial charge on any atom is -0.423 e. The Bertz CT molecular complexity index is 588. The minimum atomic E-state index is -0.341. The molecule has 0 aliphatic carbocycles. The van der Waals surface area contributed by atoms with Crippen LogP contribution in [0.25, 0.3) is 0 Å². The van der Waals surface area contributed by atoms with Crippen molar-refractivity contribution in [2.45, 2.75) is 46.1 Å². The van der Waals surface area contributed by atoms with Gasteiger partial charge < -0.3 is 14.3 Å². The minimum absolute atomic E-state index is 0.135. The van der Waals surface area contributed by atoms with E-state index in [-0.39, 0.29) is 24.3 Å². The lowest BCUT2D eigenvalue weighted by Crippen LogP contribution is -2.28. The first-order chi connectivity index (χ1) is 9.45. The number of rotatable bonds is 5. The van der Waals surface area contributed by atoms with Crippen molar-refractivity contribution in [1.82, 2.24) is 20.7 Å². The first-order valence-corrected chi connectivity index (χ1v) is 6.50. The Morgan fingerprint density at radius 3 is 2.55 bits per heavy atom. The lowest BCUT2D eigenvalue weighted by Gasteiger charge is -2.08. The molecule has 108 valence electrons. The molecule has 0 aliphatic heterocycles. The van der Waals surface area contributed by atoms with E-state index in [4.69, 9.17) is 8.94 Å². The number of nitrogens with zero attached hydrogens (tertiary/aromatic N) is 3. The molecule has 1 atom stereocenters. The highest BCUT2D eigenvalue weighted by molar-refractivity contribution is 5.78. The van der Waals surface area contributed by atoms with Gasteiger partial charge in [-0.15, -0.1) is 10.2 Å². The van der Waals surface area contributed by atoms with Crippen molar-refractivity contribution < 1.29 is 13.7 Å². The molecule has 1 amide bonds. The molecule has 0 saturated heterocycles. The molecule has 2 rings (SSSR count). The fourth-order valence-electron chi connectivity index (χ4n) is 1.67. The SMILES string of the molecule is Cc1cc(CC(=O)NC(C)c2nnc(C(C)C)o2)on1. The molecule has 1 unspecified atom stereocenters. The molecule has 0 aromatic carbocycles. The number of aryl methyl sites for hydroxylation is 1. The number of amides is 1. The highest BCUT2D eigenvalue weighted by Gasteiger charge is 2.18. The second-order valence-electron chi connectivity index (χ2n) is 5.03. The van der Waals surface area contributed by atoms with Crippen molar-refractivity contribution in [2.75, 3.05) is 0 Å². The van der Waals surface area contributed by atoms with E-state index < -0.39 is 0 Å². The molecule has 0 aliphatic rings. The number of carbonyl (C=O) groups excluding carboxylic acids is 1. The van der Waals surface area contributed by atoms with Gasteiger partial charge in [0.1, 0.15) is 11.8 Å². The highest BCUT2D eigenvalue weighted by atomic mass is 16.5. The molecule has 1 N–H and O–H groups in total. The van der Waals surface area contributed by atoms with Crippen molar-refractivity contribution >= 4 is 5.91 Å². The van der Waals surface area contributed by atoms with Crippen LogP contribution in [-0.4, -0.2) is 21.3 Å². The third kappa shape index (κ3) is 3.43. The van der Waals surface area contributed by atoms with Gasteiger partial charge in [0.15, 0.2) is 0 Å². The summed E-state index contributed by atoms with van der Waals surface area (Å²) < 4.78 is 10.5. The summed E-state index contributed by atoms with van der Waals surface area (Å²) in [6.07, 6.45) is 0.135. The summed E-state index contributed by atoms with van der Waals surface area (Å²) in [4.78, 5) is 11.9. The van der Waals surface area contributed by atoms with Crippen molar-refractivity contribution in [1.29, 1.82) is 0 Å². The Morgan fingerprint density at radius 1 is 1.30 bits per heavy atom. The van der Waals surface area contributed by atoms with Gasteiger partial charge in [-0.2, -0.15) is 0 Å². The summed E-state index contributed by atoms with van der Waals surface area (Å²) in [5, 5.41) is 14.4. The third-order valence-electron chi connectivity index (χ3n) is 2.71. The fraction of sp³-hybridized carbons (Fsp3) is 0.538. The van der Waals surface area contributed by atoms with Gasteiger partial charge in [-0.25, -0.2) is 0 Å². The molecule has 0 fully saturated rings. The van der Waals surface area contributed by atoms with E-state index in [9.17, 15) is 4.79 Å². The van der Waals surface area contributed by atoms with Crippen LogP contribution < -0.4 is 5.32 Å². The molecular formula is C13H18N4O3. The summed E-state index contributed by atoms with van der Waals surface area (Å²) >= 11 is 0. The average Bonchev–Trinajstić information content (AvgIpc) is 2.98. The summed E-state index contributed by atoms with van der Waals surface area (Å²) in [5.74, 6) is 1.47. The Hall–Kier alpha value is -2.18. The fourth-order valence-corrected chi connectivity index (χ4v) is 1.67. The van der Waals surface area contributed by atoms with E-state index in [1.165, 1.54) is 0 Å². The highest BCUT2D eigenvalue weighted by Crippen LogP contribution is 2.16. The van der Waals surface area contributed by atoms with Gasteiger partial charge in [0.05, 0.1) is 12.1 Å². The smallest absolute Gasteiger partial charge is 0.238 e. The second kappa shape index (κ2) is 5.85. The first-order valence-electron chi connectivity index (χ1n) is 6.50. The molecule has 0 radical (unpaired) electrons. The number of hydrogen-bond acceptors (Lipinski definition) is 6. The van der Waals surface area contributed by atoms with Crippen LogP contribution in [-0.2, 0) is 11.2 Å². The molecule has 2 heterocycles. The lowest BCUT2D eigenvalue weighted by molar-refractivity contribution is -0.121. The summed E-state index contributed by atoms with van der Waals surface area (Å²) in [7, 11) is 0. The normalized spacial score (nSPS) is 12.7. The number of aromatic nitrogens is 3. The molecule has 2 aromatic rings. The topological polar surface area (TPSA) is 94.1 Å². The van der Waals surface area contributed by atoms with E-state index >= 15 is 0 Å². The zero-order valence-electron chi connectivity index (χ0n) is 12.0. The van der Waals surface area contributed by atoms with E-state index in [1.807, 2.05) is 13.8 Å². The number of carbonyl (C=O) groups is 1. The quantitative estimate of drug-likeness (QED) is 0.897. The van der Waals surface area contributed by atoms with Gasteiger partial charge in [-0.05, 0) is 13.8 Å². The van der Waals surface area contributed by atoms with Gasteiger partial charge in [0.2, 0.25) is 17.7 Å². The third-order valence-corrected chi connectivity index (χ3v) is 2.71. The Balaban J connectivity index is 1.92. The van der Waals surface area contributed by atoms with E-state index in [1.54, 1.807) is 19.9 Å². The maximum atomic E-state index is 11.9. The van der Waals surface area contributed by atoms with Crippen LogP contribution in [0.5, 0.6) is 0 Å². The van der Waals surface area contributed by atoms with Crippen molar-refractivity contribution in [3.05, 3.63) is 29.3 Å². The number of nitrogens with one attached hydrogen (secondary N) is 1. The molecule has 2 aromatic heterocycles. The molecule has 7 nitrogen and oxygen atoms in total. The van der Waals surface area contributed by atoms with Crippen LogP contribution in [0.4, 0.5) is 0 Å². The standard InChI is InChI=1S/C13H18N4O3/c1-7(2)12-15-16-13(19-12)9(4)14-11(18)6-10-5-8(3)17-20-10/h5,7,9H,6H2,1-4H3,(H,14,18). The zero-order valence-corrected chi connectivity index (χ0v) is 12.0. The summed E-state index contributed by atoms with van der Waals surface area (Å²) in [6, 6.07) is 1.39. The Labute approximate surface area is 116 Å². The van der Waals surface area contributed by atoms with E-state index in [0.29, 0.717) is 17.5 Å². The number of hydrogen-bond donors (Lipinski definition) is 1. The first kappa shape index (κ1) is 14.2. The average molecular weight is 278 g/mol. The molecule has 20 heavy (non-hydrogen) atoms. The van der Waals surface area contributed by atoms with E-state index in [0.717, 1.165) is 5.69 Å². The Morgan fingerprint density at radius 2 is 2.00 bits per heavy atom. The van der Waals surface area contributed by atoms with Crippen molar-refractivity contribution in [2.24, 2.45) is 0 Å². The van der Waals surface area contributed by atoms with Crippen LogP contribution in [0.1, 0.15) is 56.0 Å². The monoisotopic (exact) mass is 278 g/mol. The molecule has 7 heteroatoms. The Kier molecular flexibility index (Phi) is 4.16. The van der Waals surface area contributed by atoms with Crippen molar-refractivity contribution in [3.63, 3.8) is 0 Å². The predicted octanol–water partition coefficient (Wildman–Crippen LogP) is 1.91. The molecule has 0 bridgehead atoms. The van der Waals surface area contributed by atoms with Gasteiger partial charge in [0.25, 0.3) is 0 Å². The largest absolute Gasteiger partial charge is 0.423 e. The van der Waals surface area contributed by atoms with Crippen LogP contribution >= 0.6 is 0 Å². The van der Waals surface area contributed by atoms with Gasteiger partial charge >= 0.3 is 0 Å². The van der Waals surface area contributed by atoms with Gasteiger partial charge in [-0.1, -0.05) is 19.0 Å². The summed E-state index contributed by atoms with van der Waals surface area (Å²) in [5.41, 5.74) is 0.749. The van der Waals surface area contributed by atoms with Crippen LogP contribution in [0.3, 0.4) is 0 Å². The maximum Gasteiger partial charge on any atom is 0.238 e. The second-order valence-corrected chi connectivity index (χ2v) is 5.03. The molecular weight excluding hydrogens is 260 g/mol. The molecule has 0 spiro atoms. The summed E-state index contributed by atoms with van der Waals surface area (Å²) in [6.45, 7) is 7.53. The van der Waals surface area contributed by atoms with Gasteiger partial charge in [0, 0.05) is 12.0 Å². The van der Waals surface area contributed by atoms with Crippen LogP contribution in [0.15, 0.2) is 15.0 Å². The maximum absolute atomic E-state index is 11.9. The van der Waals surface area contributed by atoms with Crippen molar-refractivity contribution in [3.8, 4) is 0 Å². The van der Waals surface area contributed by atoms with Gasteiger partial charge in [-0.3, -0.25) is 4.79 Å². The van der Waals surface area contributed by atoms with E-state index in [2.05, 4.69) is 20.7 Å². The predicted molar refractivity (Wildman–Crippen MR) is 69.9 cm³/mol. The zero-order chi connectivity index (χ0) is 14.7. The van der Waals surface area contributed by atoms with Crippen LogP contribution in [0.2, 0.25) is 0 Å². The van der Waals surface area contributed by atoms with Crippen LogP contribution in [0, 0.1) is 6.92 Å². The lowest BCUT2D eigenvalue weighted by atomic mass is 10.2. The molecule has 0 saturated carbocycles.